The van der Waals surface area contributed by atoms with E-state index < -0.39 is 0 Å². The van der Waals surface area contributed by atoms with E-state index in [1.807, 2.05) is 35.2 Å². The van der Waals surface area contributed by atoms with E-state index in [-0.39, 0.29) is 17.3 Å². The van der Waals surface area contributed by atoms with Gasteiger partial charge in [0, 0.05) is 49.9 Å². The molecule has 0 radical (unpaired) electrons. The van der Waals surface area contributed by atoms with E-state index in [4.69, 9.17) is 0 Å². The molecule has 1 fully saturated rings. The molecule has 0 aliphatic carbocycles. The SMILES string of the molecule is O=C(c1ccccc1)N1CCN(Cc2cc(=O)n3nc(-c4cccc(F)c4)sc3n2)CC1. The van der Waals surface area contributed by atoms with Crippen molar-refractivity contribution < 1.29 is 9.18 Å². The Bertz CT molecular complexity index is 1330. The smallest absolute Gasteiger partial charge is 0.275 e. The van der Waals surface area contributed by atoms with Crippen LogP contribution in [0.3, 0.4) is 0 Å². The highest BCUT2D eigenvalue weighted by Gasteiger charge is 2.22. The Morgan fingerprint density at radius 1 is 1.00 bits per heavy atom. The number of amides is 1. The van der Waals surface area contributed by atoms with Gasteiger partial charge in [-0.25, -0.2) is 9.37 Å². The lowest BCUT2D eigenvalue weighted by Crippen LogP contribution is -2.48. The molecule has 2 aromatic heterocycles. The highest BCUT2D eigenvalue weighted by Crippen LogP contribution is 2.25. The molecule has 1 saturated heterocycles. The van der Waals surface area contributed by atoms with E-state index in [1.165, 1.54) is 34.1 Å². The van der Waals surface area contributed by atoms with Gasteiger partial charge in [0.25, 0.3) is 11.5 Å². The molecule has 1 aliphatic heterocycles. The molecule has 1 amide bonds. The van der Waals surface area contributed by atoms with Crippen molar-refractivity contribution in [2.75, 3.05) is 26.2 Å². The highest BCUT2D eigenvalue weighted by molar-refractivity contribution is 7.19. The molecule has 5 rings (SSSR count). The topological polar surface area (TPSA) is 70.8 Å². The van der Waals surface area contributed by atoms with Gasteiger partial charge in [-0.3, -0.25) is 14.5 Å². The summed E-state index contributed by atoms with van der Waals surface area (Å²) in [6.45, 7) is 3.18. The molecule has 4 aromatic rings. The summed E-state index contributed by atoms with van der Waals surface area (Å²) >= 11 is 1.25. The van der Waals surface area contributed by atoms with Crippen molar-refractivity contribution in [1.82, 2.24) is 24.4 Å². The molecule has 7 nitrogen and oxygen atoms in total. The van der Waals surface area contributed by atoms with Crippen LogP contribution < -0.4 is 5.56 Å². The second kappa shape index (κ2) is 8.60. The number of benzene rings is 2. The third kappa shape index (κ3) is 4.17. The quantitative estimate of drug-likeness (QED) is 0.479. The van der Waals surface area contributed by atoms with Crippen LogP contribution in [-0.2, 0) is 6.54 Å². The van der Waals surface area contributed by atoms with Gasteiger partial charge in [0.15, 0.2) is 0 Å². The van der Waals surface area contributed by atoms with Gasteiger partial charge in [0.2, 0.25) is 4.96 Å². The van der Waals surface area contributed by atoms with Crippen LogP contribution in [0.1, 0.15) is 16.1 Å². The Hall–Kier alpha value is -3.43. The summed E-state index contributed by atoms with van der Waals surface area (Å²) in [7, 11) is 0. The Labute approximate surface area is 187 Å². The predicted octanol–water partition coefficient (Wildman–Crippen LogP) is 2.92. The monoisotopic (exact) mass is 449 g/mol. The molecular formula is C23H20FN5O2S. The van der Waals surface area contributed by atoms with E-state index >= 15 is 0 Å². The number of hydrogen-bond acceptors (Lipinski definition) is 6. The highest BCUT2D eigenvalue weighted by atomic mass is 32.1. The lowest BCUT2D eigenvalue weighted by Gasteiger charge is -2.34. The van der Waals surface area contributed by atoms with Crippen LogP contribution in [0.15, 0.2) is 65.5 Å². The average molecular weight is 450 g/mol. The van der Waals surface area contributed by atoms with Crippen molar-refractivity contribution in [1.29, 1.82) is 0 Å². The van der Waals surface area contributed by atoms with Gasteiger partial charge >= 0.3 is 0 Å². The lowest BCUT2D eigenvalue weighted by atomic mass is 10.2. The van der Waals surface area contributed by atoms with E-state index in [2.05, 4.69) is 15.0 Å². The standard InChI is InChI=1S/C23H20FN5O2S/c24-18-8-4-7-17(13-18)21-26-29-20(30)14-19(25-23(29)32-21)15-27-9-11-28(12-10-27)22(31)16-5-2-1-3-6-16/h1-8,13-14H,9-12,15H2. The molecule has 0 unspecified atom stereocenters. The number of aromatic nitrogens is 3. The second-order valence-electron chi connectivity index (χ2n) is 7.63. The van der Waals surface area contributed by atoms with Crippen molar-refractivity contribution in [3.05, 3.63) is 88.1 Å². The van der Waals surface area contributed by atoms with Crippen molar-refractivity contribution in [3.63, 3.8) is 0 Å². The molecule has 162 valence electrons. The molecule has 2 aromatic carbocycles. The van der Waals surface area contributed by atoms with Crippen LogP contribution >= 0.6 is 11.3 Å². The fourth-order valence-electron chi connectivity index (χ4n) is 3.78. The van der Waals surface area contributed by atoms with Gasteiger partial charge in [-0.2, -0.15) is 9.61 Å². The fourth-order valence-corrected chi connectivity index (χ4v) is 4.70. The Morgan fingerprint density at radius 2 is 1.78 bits per heavy atom. The number of carbonyl (C=O) groups is 1. The maximum atomic E-state index is 13.5. The minimum absolute atomic E-state index is 0.0394. The summed E-state index contributed by atoms with van der Waals surface area (Å²) in [5, 5.41) is 4.85. The maximum Gasteiger partial charge on any atom is 0.275 e. The first-order valence-electron chi connectivity index (χ1n) is 10.3. The first-order valence-corrected chi connectivity index (χ1v) is 11.1. The van der Waals surface area contributed by atoms with Crippen molar-refractivity contribution in [2.24, 2.45) is 0 Å². The van der Waals surface area contributed by atoms with Crippen molar-refractivity contribution in [3.8, 4) is 10.6 Å². The van der Waals surface area contributed by atoms with E-state index in [0.29, 0.717) is 59.5 Å². The Morgan fingerprint density at radius 3 is 2.53 bits per heavy atom. The van der Waals surface area contributed by atoms with Crippen LogP contribution in [0, 0.1) is 5.82 Å². The van der Waals surface area contributed by atoms with Gasteiger partial charge in [-0.05, 0) is 24.3 Å². The number of carbonyl (C=O) groups excluding carboxylic acids is 1. The molecule has 0 spiro atoms. The molecule has 32 heavy (non-hydrogen) atoms. The molecule has 3 heterocycles. The Balaban J connectivity index is 1.29. The van der Waals surface area contributed by atoms with Crippen LogP contribution in [0.25, 0.3) is 15.5 Å². The molecular weight excluding hydrogens is 429 g/mol. The number of hydrogen-bond donors (Lipinski definition) is 0. The third-order valence-corrected chi connectivity index (χ3v) is 6.39. The normalized spacial score (nSPS) is 14.7. The second-order valence-corrected chi connectivity index (χ2v) is 8.59. The van der Waals surface area contributed by atoms with Gasteiger partial charge in [0.05, 0.1) is 5.69 Å². The van der Waals surface area contributed by atoms with Crippen molar-refractivity contribution >= 4 is 22.2 Å². The molecule has 9 heteroatoms. The zero-order valence-corrected chi connectivity index (χ0v) is 18.0. The third-order valence-electron chi connectivity index (χ3n) is 5.44. The first kappa shape index (κ1) is 20.5. The predicted molar refractivity (Wildman–Crippen MR) is 120 cm³/mol. The van der Waals surface area contributed by atoms with Crippen molar-refractivity contribution in [2.45, 2.75) is 6.54 Å². The fraction of sp³-hybridized carbons (Fsp3) is 0.217. The van der Waals surface area contributed by atoms with Gasteiger partial charge < -0.3 is 4.90 Å². The number of rotatable bonds is 4. The summed E-state index contributed by atoms with van der Waals surface area (Å²) in [5.74, 6) is -0.315. The average Bonchev–Trinajstić information content (AvgIpc) is 3.25. The number of nitrogens with zero attached hydrogens (tertiary/aromatic N) is 5. The van der Waals surface area contributed by atoms with Crippen LogP contribution in [0.4, 0.5) is 4.39 Å². The van der Waals surface area contributed by atoms with Crippen LogP contribution in [0.5, 0.6) is 0 Å². The van der Waals surface area contributed by atoms with Gasteiger partial charge in [-0.1, -0.05) is 41.7 Å². The minimum atomic E-state index is -0.354. The van der Waals surface area contributed by atoms with Crippen LogP contribution in [0.2, 0.25) is 0 Å². The summed E-state index contributed by atoms with van der Waals surface area (Å²) in [5.41, 5.74) is 1.70. The molecule has 0 N–H and O–H groups in total. The number of halogens is 1. The van der Waals surface area contributed by atoms with E-state index in [9.17, 15) is 14.0 Å². The summed E-state index contributed by atoms with van der Waals surface area (Å²) in [6.07, 6.45) is 0. The molecule has 0 bridgehead atoms. The van der Waals surface area contributed by atoms with Gasteiger partial charge in [-0.15, -0.1) is 0 Å². The minimum Gasteiger partial charge on any atom is -0.336 e. The number of piperazine rings is 1. The summed E-state index contributed by atoms with van der Waals surface area (Å²) in [4.78, 5) is 34.3. The first-order chi connectivity index (χ1) is 15.6. The summed E-state index contributed by atoms with van der Waals surface area (Å²) in [6, 6.07) is 16.9. The maximum absolute atomic E-state index is 13.5. The zero-order valence-electron chi connectivity index (χ0n) is 17.1. The largest absolute Gasteiger partial charge is 0.336 e. The summed E-state index contributed by atoms with van der Waals surface area (Å²) < 4.78 is 14.8. The van der Waals surface area contributed by atoms with Gasteiger partial charge in [0.1, 0.15) is 10.8 Å². The van der Waals surface area contributed by atoms with E-state index in [0.717, 1.165) is 0 Å². The molecule has 0 saturated carbocycles. The lowest BCUT2D eigenvalue weighted by molar-refractivity contribution is 0.0627. The zero-order chi connectivity index (χ0) is 22.1. The molecule has 1 aliphatic rings. The Kier molecular flexibility index (Phi) is 5.50. The number of fused-ring (bicyclic) bond motifs is 1. The van der Waals surface area contributed by atoms with E-state index in [1.54, 1.807) is 12.1 Å². The van der Waals surface area contributed by atoms with Crippen LogP contribution in [-0.4, -0.2) is 56.5 Å². The molecule has 0 atom stereocenters.